The molecule has 0 amide bonds. The fourth-order valence-electron chi connectivity index (χ4n) is 1.20. The fraction of sp³-hybridized carbons (Fsp3) is 0.333. The van der Waals surface area contributed by atoms with Crippen molar-refractivity contribution < 1.29 is 13.2 Å². The highest BCUT2D eigenvalue weighted by Gasteiger charge is 2.21. The minimum Gasteiger partial charge on any atom is -0.228 e. The lowest BCUT2D eigenvalue weighted by Crippen LogP contribution is -2.04. The van der Waals surface area contributed by atoms with E-state index in [0.29, 0.717) is 0 Å². The van der Waals surface area contributed by atoms with Crippen molar-refractivity contribution in [2.24, 2.45) is 0 Å². The summed E-state index contributed by atoms with van der Waals surface area (Å²) in [6.45, 7) is 0. The summed E-state index contributed by atoms with van der Waals surface area (Å²) >= 11 is 5.45. The molecule has 0 unspecified atom stereocenters. The third kappa shape index (κ3) is 2.39. The number of aromatic nitrogens is 1. The lowest BCUT2D eigenvalue weighted by Gasteiger charge is -2.10. The van der Waals surface area contributed by atoms with Gasteiger partial charge in [-0.1, -0.05) is 0 Å². The molecule has 1 aromatic rings. The molecule has 2 nitrogen and oxygen atoms in total. The number of hydrogen-bond acceptors (Lipinski definition) is 2. The lowest BCUT2D eigenvalue weighted by atomic mass is 10.0. The van der Waals surface area contributed by atoms with Gasteiger partial charge >= 0.3 is 0 Å². The van der Waals surface area contributed by atoms with Crippen molar-refractivity contribution in [1.29, 1.82) is 5.26 Å². The third-order valence-corrected chi connectivity index (χ3v) is 2.16. The average Bonchev–Trinajstić information content (AvgIpc) is 2.19. The Morgan fingerprint density at radius 2 is 2.20 bits per heavy atom. The van der Waals surface area contributed by atoms with Gasteiger partial charge in [0.1, 0.15) is 0 Å². The molecule has 0 N–H and O–H groups in total. The summed E-state index contributed by atoms with van der Waals surface area (Å²) in [6.07, 6.45) is -2.04. The van der Waals surface area contributed by atoms with Crippen molar-refractivity contribution >= 4 is 11.6 Å². The molecular formula is C9H6ClF3N2. The van der Waals surface area contributed by atoms with E-state index in [9.17, 15) is 13.2 Å². The fourth-order valence-corrected chi connectivity index (χ4v) is 1.51. The Balaban J connectivity index is 3.34. The number of nitriles is 1. The van der Waals surface area contributed by atoms with Crippen molar-refractivity contribution in [2.75, 3.05) is 0 Å². The molecule has 0 spiro atoms. The molecule has 0 atom stereocenters. The molecule has 0 saturated heterocycles. The first-order valence-electron chi connectivity index (χ1n) is 3.99. The monoisotopic (exact) mass is 234 g/mol. The van der Waals surface area contributed by atoms with Crippen molar-refractivity contribution in [1.82, 2.24) is 4.98 Å². The van der Waals surface area contributed by atoms with Crippen LogP contribution in [0.5, 0.6) is 0 Å². The van der Waals surface area contributed by atoms with Gasteiger partial charge < -0.3 is 0 Å². The predicted octanol–water partition coefficient (Wildman–Crippen LogP) is 2.96. The van der Waals surface area contributed by atoms with Crippen molar-refractivity contribution in [3.63, 3.8) is 0 Å². The topological polar surface area (TPSA) is 36.7 Å². The van der Waals surface area contributed by atoms with E-state index in [1.165, 1.54) is 0 Å². The standard InChI is InChI=1S/C9H6ClF3N2/c10-3-6-5(1-2-14)4-15-9(13)7(6)8(11)12/h4,8H,1,3H2. The van der Waals surface area contributed by atoms with Gasteiger partial charge in [-0.15, -0.1) is 11.6 Å². The number of halogens is 4. The molecule has 0 fully saturated rings. The molecule has 1 heterocycles. The summed E-state index contributed by atoms with van der Waals surface area (Å²) in [4.78, 5) is 3.17. The normalized spacial score (nSPS) is 10.4. The smallest absolute Gasteiger partial charge is 0.228 e. The Morgan fingerprint density at radius 3 is 2.67 bits per heavy atom. The second-order valence-corrected chi connectivity index (χ2v) is 3.00. The average molecular weight is 235 g/mol. The molecule has 80 valence electrons. The minimum atomic E-state index is -2.98. The van der Waals surface area contributed by atoms with Crippen LogP contribution in [-0.2, 0) is 12.3 Å². The van der Waals surface area contributed by atoms with E-state index >= 15 is 0 Å². The number of pyridine rings is 1. The SMILES string of the molecule is N#CCc1cnc(F)c(C(F)F)c1CCl. The van der Waals surface area contributed by atoms with Gasteiger partial charge in [-0.3, -0.25) is 0 Å². The van der Waals surface area contributed by atoms with Gasteiger partial charge in [0.15, 0.2) is 0 Å². The van der Waals surface area contributed by atoms with E-state index < -0.39 is 17.9 Å². The quantitative estimate of drug-likeness (QED) is 0.596. The van der Waals surface area contributed by atoms with Gasteiger partial charge in [-0.25, -0.2) is 13.8 Å². The van der Waals surface area contributed by atoms with Gasteiger partial charge in [0, 0.05) is 12.1 Å². The van der Waals surface area contributed by atoms with Gasteiger partial charge in [0.05, 0.1) is 18.1 Å². The van der Waals surface area contributed by atoms with Crippen LogP contribution in [0, 0.1) is 17.3 Å². The number of hydrogen-bond donors (Lipinski definition) is 0. The molecule has 0 aromatic carbocycles. The molecule has 0 saturated carbocycles. The zero-order chi connectivity index (χ0) is 11.4. The molecule has 0 bridgehead atoms. The van der Waals surface area contributed by atoms with Crippen LogP contribution in [0.1, 0.15) is 23.1 Å². The Hall–Kier alpha value is -1.28. The van der Waals surface area contributed by atoms with E-state index in [2.05, 4.69) is 4.98 Å². The molecule has 0 radical (unpaired) electrons. The van der Waals surface area contributed by atoms with Crippen molar-refractivity contribution in [3.05, 3.63) is 28.8 Å². The first kappa shape index (κ1) is 11.8. The van der Waals surface area contributed by atoms with Gasteiger partial charge in [0.2, 0.25) is 5.95 Å². The second kappa shape index (κ2) is 4.99. The van der Waals surface area contributed by atoms with Crippen LogP contribution in [0.2, 0.25) is 0 Å². The maximum atomic E-state index is 13.0. The molecule has 1 rings (SSSR count). The van der Waals surface area contributed by atoms with E-state index in [0.717, 1.165) is 6.20 Å². The van der Waals surface area contributed by atoms with Crippen molar-refractivity contribution in [3.8, 4) is 6.07 Å². The first-order chi connectivity index (χ1) is 7.11. The molecule has 6 heteroatoms. The summed E-state index contributed by atoms with van der Waals surface area (Å²) < 4.78 is 37.9. The van der Waals surface area contributed by atoms with Crippen LogP contribution >= 0.6 is 11.6 Å². The summed E-state index contributed by atoms with van der Waals surface area (Å²) in [6, 6.07) is 1.78. The van der Waals surface area contributed by atoms with E-state index in [1.54, 1.807) is 6.07 Å². The molecule has 15 heavy (non-hydrogen) atoms. The largest absolute Gasteiger partial charge is 0.268 e. The molecule has 0 aliphatic rings. The zero-order valence-corrected chi connectivity index (χ0v) is 8.23. The van der Waals surface area contributed by atoms with Crippen LogP contribution in [0.4, 0.5) is 13.2 Å². The van der Waals surface area contributed by atoms with Crippen LogP contribution in [-0.4, -0.2) is 4.98 Å². The molecular weight excluding hydrogens is 229 g/mol. The number of alkyl halides is 3. The Bertz CT molecular complexity index is 401. The summed E-state index contributed by atoms with van der Waals surface area (Å²) in [5.74, 6) is -1.50. The maximum Gasteiger partial charge on any atom is 0.268 e. The number of rotatable bonds is 3. The summed E-state index contributed by atoms with van der Waals surface area (Å²) in [7, 11) is 0. The Morgan fingerprint density at radius 1 is 1.53 bits per heavy atom. The third-order valence-electron chi connectivity index (χ3n) is 1.89. The second-order valence-electron chi connectivity index (χ2n) is 2.74. The molecule has 0 aliphatic carbocycles. The van der Waals surface area contributed by atoms with Crippen LogP contribution in [0.25, 0.3) is 0 Å². The zero-order valence-electron chi connectivity index (χ0n) is 7.48. The number of nitrogens with zero attached hydrogens (tertiary/aromatic N) is 2. The Kier molecular flexibility index (Phi) is 3.92. The lowest BCUT2D eigenvalue weighted by molar-refractivity contribution is 0.144. The van der Waals surface area contributed by atoms with Gasteiger partial charge in [0.25, 0.3) is 6.43 Å². The van der Waals surface area contributed by atoms with Crippen LogP contribution in [0.15, 0.2) is 6.20 Å². The van der Waals surface area contributed by atoms with Crippen molar-refractivity contribution in [2.45, 2.75) is 18.7 Å². The van der Waals surface area contributed by atoms with E-state index in [1.807, 2.05) is 0 Å². The summed E-state index contributed by atoms with van der Waals surface area (Å²) in [5, 5.41) is 8.44. The predicted molar refractivity (Wildman–Crippen MR) is 48.0 cm³/mol. The highest BCUT2D eigenvalue weighted by atomic mass is 35.5. The van der Waals surface area contributed by atoms with E-state index in [-0.39, 0.29) is 23.4 Å². The van der Waals surface area contributed by atoms with Crippen LogP contribution < -0.4 is 0 Å². The maximum absolute atomic E-state index is 13.0. The summed E-state index contributed by atoms with van der Waals surface area (Å²) in [5.41, 5.74) is -0.609. The Labute approximate surface area is 89.3 Å². The van der Waals surface area contributed by atoms with Gasteiger partial charge in [-0.05, 0) is 11.1 Å². The molecule has 1 aromatic heterocycles. The first-order valence-corrected chi connectivity index (χ1v) is 4.52. The van der Waals surface area contributed by atoms with Crippen LogP contribution in [0.3, 0.4) is 0 Å². The molecule has 0 aliphatic heterocycles. The highest BCUT2D eigenvalue weighted by Crippen LogP contribution is 2.28. The highest BCUT2D eigenvalue weighted by molar-refractivity contribution is 6.17. The minimum absolute atomic E-state index is 0.0410. The van der Waals surface area contributed by atoms with E-state index in [4.69, 9.17) is 16.9 Å². The van der Waals surface area contributed by atoms with Gasteiger partial charge in [-0.2, -0.15) is 9.65 Å².